The molecule has 0 aromatic heterocycles. The summed E-state index contributed by atoms with van der Waals surface area (Å²) in [5.41, 5.74) is 5.13. The molecule has 0 radical (unpaired) electrons. The number of rotatable bonds is 5. The number of hydrogen-bond acceptors (Lipinski definition) is 4. The van der Waals surface area contributed by atoms with Crippen molar-refractivity contribution in [2.75, 3.05) is 6.16 Å². The van der Waals surface area contributed by atoms with Crippen LogP contribution in [0, 0.1) is 0 Å². The molecular formula is C5H15N2O4P. The second kappa shape index (κ2) is 7.24. The molecule has 0 aromatic carbocycles. The maximum absolute atomic E-state index is 10.1. The number of carboxylic acid groups (broad SMARTS) is 1. The van der Waals surface area contributed by atoms with Crippen LogP contribution in [0.2, 0.25) is 0 Å². The molecule has 0 rings (SSSR count). The molecule has 0 aliphatic heterocycles. The Morgan fingerprint density at radius 3 is 2.42 bits per heavy atom. The molecule has 0 amide bonds. The van der Waals surface area contributed by atoms with Crippen LogP contribution in [-0.2, 0) is 9.36 Å². The Kier molecular flexibility index (Phi) is 8.52. The van der Waals surface area contributed by atoms with Gasteiger partial charge in [-0.05, 0) is 12.8 Å². The fourth-order valence-corrected chi connectivity index (χ4v) is 1.10. The zero-order valence-electron chi connectivity index (χ0n) is 6.69. The molecule has 0 spiro atoms. The maximum Gasteiger partial charge on any atom is 0.320 e. The predicted molar refractivity (Wildman–Crippen MR) is 46.0 cm³/mol. The van der Waals surface area contributed by atoms with Crippen molar-refractivity contribution in [3.63, 3.8) is 0 Å². The van der Waals surface area contributed by atoms with E-state index < -0.39 is 20.0 Å². The Labute approximate surface area is 71.2 Å². The molecule has 0 saturated carbocycles. The van der Waals surface area contributed by atoms with Crippen molar-refractivity contribution in [3.8, 4) is 0 Å². The van der Waals surface area contributed by atoms with Crippen molar-refractivity contribution in [1.29, 1.82) is 0 Å². The van der Waals surface area contributed by atoms with Crippen LogP contribution in [0.25, 0.3) is 0 Å². The summed E-state index contributed by atoms with van der Waals surface area (Å²) in [6.45, 7) is 0. The molecular weight excluding hydrogens is 183 g/mol. The van der Waals surface area contributed by atoms with Gasteiger partial charge in [-0.3, -0.25) is 9.36 Å². The Morgan fingerprint density at radius 2 is 2.08 bits per heavy atom. The third kappa shape index (κ3) is 7.68. The van der Waals surface area contributed by atoms with E-state index in [1.165, 1.54) is 0 Å². The van der Waals surface area contributed by atoms with E-state index in [2.05, 4.69) is 0 Å². The average molecular weight is 198 g/mol. The summed E-state index contributed by atoms with van der Waals surface area (Å²) < 4.78 is 10.1. The van der Waals surface area contributed by atoms with Crippen molar-refractivity contribution >= 4 is 14.0 Å². The smallest absolute Gasteiger partial charge is 0.320 e. The Hall–Kier alpha value is -0.420. The Bertz CT molecular complexity index is 164. The normalized spacial score (nSPS) is 14.5. The van der Waals surface area contributed by atoms with Gasteiger partial charge in [0, 0.05) is 6.16 Å². The van der Waals surface area contributed by atoms with Gasteiger partial charge in [-0.25, -0.2) is 0 Å². The van der Waals surface area contributed by atoms with E-state index >= 15 is 0 Å². The number of aliphatic carboxylic acids is 1. The molecule has 7 heteroatoms. The van der Waals surface area contributed by atoms with Crippen molar-refractivity contribution in [1.82, 2.24) is 6.15 Å². The molecule has 6 nitrogen and oxygen atoms in total. The lowest BCUT2D eigenvalue weighted by Gasteiger charge is -2.03. The van der Waals surface area contributed by atoms with Gasteiger partial charge in [0.05, 0.1) is 0 Å². The van der Waals surface area contributed by atoms with Crippen LogP contribution >= 0.6 is 8.03 Å². The minimum absolute atomic E-state index is 0. The average Bonchev–Trinajstić information content (AvgIpc) is 1.86. The summed E-state index contributed by atoms with van der Waals surface area (Å²) in [6, 6.07) is -0.906. The molecule has 0 heterocycles. The fraction of sp³-hybridized carbons (Fsp3) is 0.800. The van der Waals surface area contributed by atoms with Crippen molar-refractivity contribution in [2.45, 2.75) is 18.9 Å². The molecule has 1 unspecified atom stereocenters. The summed E-state index contributed by atoms with van der Waals surface area (Å²) in [5.74, 6) is -1.07. The van der Waals surface area contributed by atoms with E-state index in [4.69, 9.17) is 15.7 Å². The topological polar surface area (TPSA) is 136 Å². The first-order chi connectivity index (χ1) is 5.04. The monoisotopic (exact) mass is 198 g/mol. The summed E-state index contributed by atoms with van der Waals surface area (Å²) >= 11 is 0. The van der Waals surface area contributed by atoms with Crippen molar-refractivity contribution in [2.24, 2.45) is 5.73 Å². The van der Waals surface area contributed by atoms with Gasteiger partial charge in [-0.15, -0.1) is 0 Å². The lowest BCUT2D eigenvalue weighted by molar-refractivity contribution is -0.138. The molecule has 0 aromatic rings. The van der Waals surface area contributed by atoms with Crippen LogP contribution in [0.15, 0.2) is 0 Å². The van der Waals surface area contributed by atoms with Gasteiger partial charge in [0.15, 0.2) is 8.03 Å². The second-order valence-electron chi connectivity index (χ2n) is 2.23. The minimum Gasteiger partial charge on any atom is -0.480 e. The van der Waals surface area contributed by atoms with E-state index in [0.717, 1.165) is 0 Å². The lowest BCUT2D eigenvalue weighted by Crippen LogP contribution is -2.29. The van der Waals surface area contributed by atoms with E-state index in [-0.39, 0.29) is 18.7 Å². The highest BCUT2D eigenvalue weighted by Gasteiger charge is 2.10. The second-order valence-corrected chi connectivity index (χ2v) is 3.52. The summed E-state index contributed by atoms with van der Waals surface area (Å²) in [5, 5.41) is 8.29. The zero-order valence-corrected chi connectivity index (χ0v) is 7.69. The molecule has 0 fully saturated rings. The van der Waals surface area contributed by atoms with Crippen LogP contribution in [0.1, 0.15) is 12.8 Å². The van der Waals surface area contributed by atoms with Gasteiger partial charge in [-0.2, -0.15) is 0 Å². The van der Waals surface area contributed by atoms with Crippen LogP contribution in [0.4, 0.5) is 0 Å². The van der Waals surface area contributed by atoms with Crippen LogP contribution < -0.4 is 11.9 Å². The fourth-order valence-electron chi connectivity index (χ4n) is 0.597. The molecule has 0 saturated heterocycles. The van der Waals surface area contributed by atoms with Crippen molar-refractivity contribution < 1.29 is 19.4 Å². The Balaban J connectivity index is 0. The quantitative estimate of drug-likeness (QED) is 0.452. The van der Waals surface area contributed by atoms with Crippen LogP contribution in [0.3, 0.4) is 0 Å². The molecule has 12 heavy (non-hydrogen) atoms. The van der Waals surface area contributed by atoms with Gasteiger partial charge in [-0.1, -0.05) is 0 Å². The van der Waals surface area contributed by atoms with E-state index in [1.807, 2.05) is 0 Å². The first-order valence-corrected chi connectivity index (χ1v) is 4.80. The third-order valence-electron chi connectivity index (χ3n) is 1.22. The predicted octanol–water partition coefficient (Wildman–Crippen LogP) is -0.193. The van der Waals surface area contributed by atoms with E-state index in [1.54, 1.807) is 0 Å². The first-order valence-electron chi connectivity index (χ1n) is 3.24. The van der Waals surface area contributed by atoms with E-state index in [0.29, 0.717) is 6.42 Å². The minimum atomic E-state index is -2.45. The highest BCUT2D eigenvalue weighted by Crippen LogP contribution is 2.15. The number of nitrogens with two attached hydrogens (primary N) is 1. The first kappa shape index (κ1) is 14.1. The SMILES string of the molecule is N.N[C@@H](CCC[PH](=O)O)C(=O)O. The van der Waals surface area contributed by atoms with Gasteiger partial charge in [0.1, 0.15) is 6.04 Å². The summed E-state index contributed by atoms with van der Waals surface area (Å²) in [7, 11) is -2.45. The van der Waals surface area contributed by atoms with Gasteiger partial charge in [0.25, 0.3) is 0 Å². The van der Waals surface area contributed by atoms with Crippen LogP contribution in [0.5, 0.6) is 0 Å². The molecule has 0 aliphatic rings. The molecule has 2 atom stereocenters. The number of hydrogen-bond donors (Lipinski definition) is 4. The standard InChI is InChI=1S/C5H12NO4P.H3N/c6-4(5(7)8)2-1-3-11(9)10;/h4,11H,1-3,6H2,(H,7,8)(H,9,10);1H3/t4-;/m0./s1. The maximum atomic E-state index is 10.1. The third-order valence-corrected chi connectivity index (χ3v) is 2.00. The van der Waals surface area contributed by atoms with Gasteiger partial charge >= 0.3 is 5.97 Å². The Morgan fingerprint density at radius 1 is 1.58 bits per heavy atom. The van der Waals surface area contributed by atoms with E-state index in [9.17, 15) is 9.36 Å². The molecule has 0 aliphatic carbocycles. The molecule has 0 bridgehead atoms. The van der Waals surface area contributed by atoms with Crippen LogP contribution in [-0.4, -0.2) is 28.2 Å². The zero-order chi connectivity index (χ0) is 8.85. The molecule has 74 valence electrons. The largest absolute Gasteiger partial charge is 0.480 e. The lowest BCUT2D eigenvalue weighted by atomic mass is 10.2. The van der Waals surface area contributed by atoms with Crippen molar-refractivity contribution in [3.05, 3.63) is 0 Å². The number of carbonyl (C=O) groups is 1. The summed E-state index contributed by atoms with van der Waals surface area (Å²) in [6.07, 6.45) is 0.805. The van der Waals surface area contributed by atoms with Gasteiger partial charge < -0.3 is 21.9 Å². The molecule has 7 N–H and O–H groups in total. The number of carboxylic acids is 1. The van der Waals surface area contributed by atoms with Gasteiger partial charge in [0.2, 0.25) is 0 Å². The summed E-state index contributed by atoms with van der Waals surface area (Å²) in [4.78, 5) is 18.5. The highest BCUT2D eigenvalue weighted by atomic mass is 31.1. The highest BCUT2D eigenvalue weighted by molar-refractivity contribution is 7.37.